The Labute approximate surface area is 176 Å². The molecule has 3 aromatic rings. The van der Waals surface area contributed by atoms with Crippen molar-refractivity contribution in [2.24, 2.45) is 0 Å². The molecule has 0 aliphatic carbocycles. The van der Waals surface area contributed by atoms with Gasteiger partial charge in [0, 0.05) is 29.7 Å². The van der Waals surface area contributed by atoms with Crippen LogP contribution in [0.4, 0.5) is 16.2 Å². The average molecular weight is 422 g/mol. The summed E-state index contributed by atoms with van der Waals surface area (Å²) in [6, 6.07) is 17.7. The fourth-order valence-electron chi connectivity index (χ4n) is 3.00. The van der Waals surface area contributed by atoms with Crippen LogP contribution >= 0.6 is 24.0 Å². The molecule has 0 radical (unpaired) electrons. The Bertz CT molecular complexity index is 1150. The number of benzene rings is 2. The lowest BCUT2D eigenvalue weighted by Crippen LogP contribution is -2.26. The Morgan fingerprint density at radius 2 is 1.69 bits per heavy atom. The molecule has 0 atom stereocenters. The lowest BCUT2D eigenvalue weighted by Gasteiger charge is -2.14. The quantitative estimate of drug-likeness (QED) is 0.233. The van der Waals surface area contributed by atoms with Crippen LogP contribution in [0.15, 0.2) is 71.8 Å². The van der Waals surface area contributed by atoms with Gasteiger partial charge in [0.05, 0.1) is 15.5 Å². The topological polar surface area (TPSA) is 68.4 Å². The fraction of sp³-hybridized carbons (Fsp3) is 0.0476. The van der Waals surface area contributed by atoms with E-state index in [0.29, 0.717) is 9.89 Å². The number of thiocarbonyl (C=S) groups is 1. The molecule has 0 N–H and O–H groups in total. The Balaban J connectivity index is 1.65. The molecule has 1 fully saturated rings. The Hall–Kier alpha value is -3.23. The first kappa shape index (κ1) is 19.1. The second kappa shape index (κ2) is 7.65. The highest BCUT2D eigenvalue weighted by molar-refractivity contribution is 8.20. The predicted octanol–water partition coefficient (Wildman–Crippen LogP) is 5.74. The van der Waals surface area contributed by atoms with Crippen LogP contribution in [0.2, 0.25) is 0 Å². The minimum atomic E-state index is -0.429. The number of anilines is 1. The third-order valence-electron chi connectivity index (χ3n) is 4.48. The van der Waals surface area contributed by atoms with Crippen LogP contribution in [0.1, 0.15) is 11.3 Å². The number of nitro groups is 1. The van der Waals surface area contributed by atoms with Crippen LogP contribution in [0.3, 0.4) is 0 Å². The molecule has 29 heavy (non-hydrogen) atoms. The molecular formula is C21H15N3O3S2. The molecule has 8 heteroatoms. The second-order valence-corrected chi connectivity index (χ2v) is 7.81. The van der Waals surface area contributed by atoms with Gasteiger partial charge in [0.25, 0.3) is 10.9 Å². The van der Waals surface area contributed by atoms with Gasteiger partial charge in [0.1, 0.15) is 4.99 Å². The van der Waals surface area contributed by atoms with Crippen molar-refractivity contribution in [1.29, 1.82) is 0 Å². The minimum absolute atomic E-state index is 0.0349. The normalized spacial score (nSPS) is 15.3. The molecule has 2 aromatic carbocycles. The van der Waals surface area contributed by atoms with Gasteiger partial charge < -0.3 is 4.57 Å². The first-order chi connectivity index (χ1) is 13.9. The standard InChI is InChI=1S/C21H15N3O3S2/c1-14-4-6-16(7-5-14)23-20(28)19(29-21(23)25)13-18-3-2-12-22(18)15-8-10-17(11-9-15)24(26)27/h2-13H,1H3/b19-13-. The molecule has 6 nitrogen and oxygen atoms in total. The summed E-state index contributed by atoms with van der Waals surface area (Å²) in [5.74, 6) is 0. The largest absolute Gasteiger partial charge is 0.317 e. The molecule has 0 bridgehead atoms. The number of nitro benzene ring substituents is 1. The summed E-state index contributed by atoms with van der Waals surface area (Å²) in [7, 11) is 0. The van der Waals surface area contributed by atoms with Crippen molar-refractivity contribution in [1.82, 2.24) is 4.57 Å². The van der Waals surface area contributed by atoms with Gasteiger partial charge in [-0.3, -0.25) is 19.8 Å². The minimum Gasteiger partial charge on any atom is -0.317 e. The zero-order valence-corrected chi connectivity index (χ0v) is 16.9. The Kier molecular flexibility index (Phi) is 5.04. The molecule has 144 valence electrons. The molecule has 0 saturated carbocycles. The number of carbonyl (C=O) groups excluding carboxylic acids is 1. The maximum Gasteiger partial charge on any atom is 0.296 e. The molecular weight excluding hydrogens is 406 g/mol. The molecule has 4 rings (SSSR count). The predicted molar refractivity (Wildman–Crippen MR) is 120 cm³/mol. The third kappa shape index (κ3) is 3.72. The summed E-state index contributed by atoms with van der Waals surface area (Å²) in [6.45, 7) is 1.99. The summed E-state index contributed by atoms with van der Waals surface area (Å²) >= 11 is 6.66. The van der Waals surface area contributed by atoms with Gasteiger partial charge >= 0.3 is 0 Å². The summed E-state index contributed by atoms with van der Waals surface area (Å²) < 4.78 is 1.89. The van der Waals surface area contributed by atoms with Crippen molar-refractivity contribution < 1.29 is 9.72 Å². The smallest absolute Gasteiger partial charge is 0.296 e. The lowest BCUT2D eigenvalue weighted by molar-refractivity contribution is -0.384. The lowest BCUT2D eigenvalue weighted by atomic mass is 10.2. The van der Waals surface area contributed by atoms with Crippen LogP contribution in [0.5, 0.6) is 0 Å². The maximum absolute atomic E-state index is 12.6. The number of rotatable bonds is 4. The monoisotopic (exact) mass is 421 g/mol. The van der Waals surface area contributed by atoms with Gasteiger partial charge in [-0.05, 0) is 61.2 Å². The van der Waals surface area contributed by atoms with Crippen LogP contribution in [0, 0.1) is 17.0 Å². The van der Waals surface area contributed by atoms with E-state index in [1.807, 2.05) is 60.2 Å². The first-order valence-electron chi connectivity index (χ1n) is 8.71. The number of nitrogens with zero attached hydrogens (tertiary/aromatic N) is 3. The van der Waals surface area contributed by atoms with Gasteiger partial charge in [0.15, 0.2) is 0 Å². The van der Waals surface area contributed by atoms with Gasteiger partial charge in [-0.15, -0.1) is 0 Å². The molecule has 2 heterocycles. The third-order valence-corrected chi connectivity index (χ3v) is 5.90. The number of non-ortho nitro benzene ring substituents is 1. The van der Waals surface area contributed by atoms with Crippen molar-refractivity contribution in [3.8, 4) is 5.69 Å². The summed E-state index contributed by atoms with van der Waals surface area (Å²) in [4.78, 5) is 25.7. The molecule has 1 aromatic heterocycles. The summed E-state index contributed by atoms with van der Waals surface area (Å²) in [5, 5.41) is 10.7. The highest BCUT2D eigenvalue weighted by Gasteiger charge is 2.33. The van der Waals surface area contributed by atoms with Gasteiger partial charge in [-0.1, -0.05) is 29.9 Å². The fourth-order valence-corrected chi connectivity index (χ4v) is 4.26. The highest BCUT2D eigenvalue weighted by atomic mass is 32.2. The van der Waals surface area contributed by atoms with E-state index in [0.717, 1.165) is 34.4 Å². The highest BCUT2D eigenvalue weighted by Crippen LogP contribution is 2.37. The van der Waals surface area contributed by atoms with Crippen LogP contribution in [0.25, 0.3) is 11.8 Å². The van der Waals surface area contributed by atoms with Gasteiger partial charge in [-0.2, -0.15) is 0 Å². The van der Waals surface area contributed by atoms with E-state index in [9.17, 15) is 14.9 Å². The number of carbonyl (C=O) groups is 1. The zero-order valence-electron chi connectivity index (χ0n) is 15.3. The van der Waals surface area contributed by atoms with Crippen LogP contribution < -0.4 is 4.90 Å². The van der Waals surface area contributed by atoms with E-state index in [4.69, 9.17) is 12.2 Å². The van der Waals surface area contributed by atoms with E-state index in [1.54, 1.807) is 12.1 Å². The van der Waals surface area contributed by atoms with Crippen molar-refractivity contribution in [3.63, 3.8) is 0 Å². The van der Waals surface area contributed by atoms with E-state index in [-0.39, 0.29) is 10.9 Å². The van der Waals surface area contributed by atoms with E-state index >= 15 is 0 Å². The SMILES string of the molecule is Cc1ccc(N2C(=O)S/C(=C\c3cccn3-c3ccc([N+](=O)[O-])cc3)C2=S)cc1. The van der Waals surface area contributed by atoms with Gasteiger partial charge in [0.2, 0.25) is 0 Å². The second-order valence-electron chi connectivity index (χ2n) is 6.43. The van der Waals surface area contributed by atoms with Crippen molar-refractivity contribution in [3.05, 3.63) is 93.1 Å². The number of hydrogen-bond donors (Lipinski definition) is 0. The Morgan fingerprint density at radius 3 is 2.34 bits per heavy atom. The van der Waals surface area contributed by atoms with E-state index in [1.165, 1.54) is 17.0 Å². The van der Waals surface area contributed by atoms with Crippen LogP contribution in [-0.2, 0) is 0 Å². The number of hydrogen-bond acceptors (Lipinski definition) is 5. The Morgan fingerprint density at radius 1 is 1.03 bits per heavy atom. The van der Waals surface area contributed by atoms with Gasteiger partial charge in [-0.25, -0.2) is 0 Å². The van der Waals surface area contributed by atoms with Crippen molar-refractivity contribution in [2.45, 2.75) is 6.92 Å². The number of thioether (sulfide) groups is 1. The first-order valence-corrected chi connectivity index (χ1v) is 9.93. The zero-order chi connectivity index (χ0) is 20.5. The molecule has 1 aliphatic heterocycles. The maximum atomic E-state index is 12.6. The van der Waals surface area contributed by atoms with Crippen molar-refractivity contribution in [2.75, 3.05) is 4.90 Å². The van der Waals surface area contributed by atoms with Crippen LogP contribution in [-0.4, -0.2) is 19.7 Å². The molecule has 0 spiro atoms. The molecule has 1 saturated heterocycles. The van der Waals surface area contributed by atoms with Crippen molar-refractivity contribution >= 4 is 51.7 Å². The number of aromatic nitrogens is 1. The molecule has 1 amide bonds. The molecule has 0 unspecified atom stereocenters. The number of aryl methyl sites for hydroxylation is 1. The summed E-state index contributed by atoms with van der Waals surface area (Å²) in [5.41, 5.74) is 3.49. The van der Waals surface area contributed by atoms with E-state index < -0.39 is 4.92 Å². The molecule has 1 aliphatic rings. The van der Waals surface area contributed by atoms with E-state index in [2.05, 4.69) is 0 Å². The number of amides is 1. The average Bonchev–Trinajstić information content (AvgIpc) is 3.27. The summed E-state index contributed by atoms with van der Waals surface area (Å²) in [6.07, 6.45) is 3.72.